The molecule has 26 heavy (non-hydrogen) atoms. The summed E-state index contributed by atoms with van der Waals surface area (Å²) in [6.07, 6.45) is 8.47. The van der Waals surface area contributed by atoms with Crippen LogP contribution in [0, 0.1) is 0 Å². The van der Waals surface area contributed by atoms with Gasteiger partial charge < -0.3 is 20.1 Å². The molecule has 0 amide bonds. The molecule has 2 aromatic heterocycles. The maximum absolute atomic E-state index is 5.72. The Labute approximate surface area is 153 Å². The van der Waals surface area contributed by atoms with Crippen LogP contribution in [-0.2, 0) is 9.47 Å². The molecule has 0 spiro atoms. The fourth-order valence-corrected chi connectivity index (χ4v) is 3.68. The number of anilines is 2. The van der Waals surface area contributed by atoms with Crippen molar-refractivity contribution in [3.8, 4) is 0 Å². The molecule has 2 saturated carbocycles. The van der Waals surface area contributed by atoms with E-state index in [0.717, 1.165) is 55.9 Å². The van der Waals surface area contributed by atoms with E-state index in [-0.39, 0.29) is 11.2 Å². The standard InChI is InChI=1S/C19H27N5O2/c1-25-18(7-4-8-18)12-21-16-17(22-13-19(26-2)9-5-10-19)24-15-14(23-16)6-3-11-20-15/h3,6,11H,4-5,7-10,12-13H2,1-2H3,(H,21,23)(H,20,22,24). The zero-order chi connectivity index (χ0) is 18.0. The topological polar surface area (TPSA) is 81.2 Å². The Hall–Kier alpha value is -1.99. The van der Waals surface area contributed by atoms with E-state index >= 15 is 0 Å². The van der Waals surface area contributed by atoms with Gasteiger partial charge in [-0.3, -0.25) is 0 Å². The van der Waals surface area contributed by atoms with E-state index in [1.54, 1.807) is 20.4 Å². The second kappa shape index (κ2) is 6.96. The molecular formula is C19H27N5O2. The van der Waals surface area contributed by atoms with Crippen LogP contribution in [0.1, 0.15) is 38.5 Å². The molecular weight excluding hydrogens is 330 g/mol. The molecule has 2 aliphatic carbocycles. The van der Waals surface area contributed by atoms with E-state index in [2.05, 4.69) is 15.6 Å². The number of nitrogens with zero attached hydrogens (tertiary/aromatic N) is 3. The number of pyridine rings is 1. The van der Waals surface area contributed by atoms with Gasteiger partial charge in [0.05, 0.1) is 11.2 Å². The number of hydrogen-bond acceptors (Lipinski definition) is 7. The normalized spacial score (nSPS) is 20.2. The summed E-state index contributed by atoms with van der Waals surface area (Å²) in [4.78, 5) is 13.8. The number of methoxy groups -OCH3 is 2. The van der Waals surface area contributed by atoms with Crippen molar-refractivity contribution in [2.24, 2.45) is 0 Å². The van der Waals surface area contributed by atoms with Crippen LogP contribution in [0.5, 0.6) is 0 Å². The summed E-state index contributed by atoms with van der Waals surface area (Å²) in [7, 11) is 3.57. The summed E-state index contributed by atoms with van der Waals surface area (Å²) in [5.41, 5.74) is 1.26. The van der Waals surface area contributed by atoms with Gasteiger partial charge in [-0.1, -0.05) is 0 Å². The number of nitrogens with one attached hydrogen (secondary N) is 2. The Kier molecular flexibility index (Phi) is 4.67. The Balaban J connectivity index is 1.56. The molecule has 140 valence electrons. The Morgan fingerprint density at radius 2 is 1.50 bits per heavy atom. The summed E-state index contributed by atoms with van der Waals surface area (Å²) in [6.45, 7) is 1.45. The van der Waals surface area contributed by atoms with E-state index in [1.165, 1.54) is 12.8 Å². The Morgan fingerprint density at radius 1 is 0.923 bits per heavy atom. The Bertz CT molecular complexity index is 698. The van der Waals surface area contributed by atoms with E-state index < -0.39 is 0 Å². The monoisotopic (exact) mass is 357 g/mol. The lowest BCUT2D eigenvalue weighted by Crippen LogP contribution is -2.46. The smallest absolute Gasteiger partial charge is 0.180 e. The van der Waals surface area contributed by atoms with Crippen LogP contribution >= 0.6 is 0 Å². The summed E-state index contributed by atoms with van der Waals surface area (Å²) in [5.74, 6) is 1.48. The van der Waals surface area contributed by atoms with Crippen molar-refractivity contribution in [3.63, 3.8) is 0 Å². The first-order chi connectivity index (χ1) is 12.7. The molecule has 2 N–H and O–H groups in total. The summed E-state index contributed by atoms with van der Waals surface area (Å²) in [5, 5.41) is 6.91. The SMILES string of the molecule is COC1(CNc2nc3cccnc3nc2NCC2(OC)CCC2)CCC1. The molecule has 0 radical (unpaired) electrons. The molecule has 0 aliphatic heterocycles. The third-order valence-electron chi connectivity index (χ3n) is 5.99. The highest BCUT2D eigenvalue weighted by Crippen LogP contribution is 2.37. The third kappa shape index (κ3) is 3.21. The molecule has 7 nitrogen and oxygen atoms in total. The molecule has 0 bridgehead atoms. The van der Waals surface area contributed by atoms with Crippen molar-refractivity contribution < 1.29 is 9.47 Å². The van der Waals surface area contributed by atoms with Gasteiger partial charge in [0.2, 0.25) is 0 Å². The predicted octanol–water partition coefficient (Wildman–Crippen LogP) is 2.99. The maximum Gasteiger partial charge on any atom is 0.180 e. The fraction of sp³-hybridized carbons (Fsp3) is 0.632. The van der Waals surface area contributed by atoms with Crippen molar-refractivity contribution in [2.75, 3.05) is 37.9 Å². The van der Waals surface area contributed by atoms with Gasteiger partial charge >= 0.3 is 0 Å². The van der Waals surface area contributed by atoms with Gasteiger partial charge in [0.25, 0.3) is 0 Å². The molecule has 2 heterocycles. The first-order valence-electron chi connectivity index (χ1n) is 9.38. The minimum Gasteiger partial charge on any atom is -0.376 e. The van der Waals surface area contributed by atoms with Gasteiger partial charge in [0.1, 0.15) is 5.52 Å². The molecule has 7 heteroatoms. The average Bonchev–Trinajstić information content (AvgIpc) is 2.60. The largest absolute Gasteiger partial charge is 0.376 e. The minimum absolute atomic E-state index is 0.0788. The van der Waals surface area contributed by atoms with Gasteiger partial charge in [0, 0.05) is 33.5 Å². The van der Waals surface area contributed by atoms with Crippen molar-refractivity contribution in [3.05, 3.63) is 18.3 Å². The predicted molar refractivity (Wildman–Crippen MR) is 101 cm³/mol. The second-order valence-corrected chi connectivity index (χ2v) is 7.46. The van der Waals surface area contributed by atoms with E-state index in [4.69, 9.17) is 19.4 Å². The lowest BCUT2D eigenvalue weighted by atomic mass is 9.80. The highest BCUT2D eigenvalue weighted by Gasteiger charge is 2.38. The van der Waals surface area contributed by atoms with Gasteiger partial charge in [-0.25, -0.2) is 15.0 Å². The lowest BCUT2D eigenvalue weighted by molar-refractivity contribution is -0.0606. The number of rotatable bonds is 8. The molecule has 2 fully saturated rings. The molecule has 0 aromatic carbocycles. The summed E-state index contributed by atoms with van der Waals surface area (Å²) >= 11 is 0. The lowest BCUT2D eigenvalue weighted by Gasteiger charge is -2.41. The van der Waals surface area contributed by atoms with Gasteiger partial charge in [-0.05, 0) is 50.7 Å². The first kappa shape index (κ1) is 17.4. The van der Waals surface area contributed by atoms with Crippen molar-refractivity contribution in [2.45, 2.75) is 49.7 Å². The zero-order valence-electron chi connectivity index (χ0n) is 15.5. The highest BCUT2D eigenvalue weighted by atomic mass is 16.5. The first-order valence-corrected chi connectivity index (χ1v) is 9.38. The van der Waals surface area contributed by atoms with Crippen LogP contribution in [0.3, 0.4) is 0 Å². The number of aromatic nitrogens is 3. The molecule has 2 aromatic rings. The van der Waals surface area contributed by atoms with E-state index in [1.807, 2.05) is 12.1 Å². The van der Waals surface area contributed by atoms with Crippen molar-refractivity contribution >= 4 is 22.8 Å². The molecule has 2 aliphatic rings. The average molecular weight is 357 g/mol. The van der Waals surface area contributed by atoms with Gasteiger partial charge in [-0.15, -0.1) is 0 Å². The number of hydrogen-bond donors (Lipinski definition) is 2. The van der Waals surface area contributed by atoms with Crippen molar-refractivity contribution in [1.82, 2.24) is 15.0 Å². The van der Waals surface area contributed by atoms with Crippen LogP contribution in [0.15, 0.2) is 18.3 Å². The zero-order valence-corrected chi connectivity index (χ0v) is 15.5. The van der Waals surface area contributed by atoms with Gasteiger partial charge in [-0.2, -0.15) is 0 Å². The minimum atomic E-state index is -0.0836. The van der Waals surface area contributed by atoms with Crippen LogP contribution in [0.4, 0.5) is 11.6 Å². The molecule has 0 saturated heterocycles. The highest BCUT2D eigenvalue weighted by molar-refractivity contribution is 5.77. The summed E-state index contributed by atoms with van der Waals surface area (Å²) in [6, 6.07) is 3.81. The van der Waals surface area contributed by atoms with Crippen molar-refractivity contribution in [1.29, 1.82) is 0 Å². The van der Waals surface area contributed by atoms with E-state index in [0.29, 0.717) is 5.65 Å². The molecule has 0 unspecified atom stereocenters. The second-order valence-electron chi connectivity index (χ2n) is 7.46. The molecule has 0 atom stereocenters. The van der Waals surface area contributed by atoms with E-state index in [9.17, 15) is 0 Å². The number of fused-ring (bicyclic) bond motifs is 1. The van der Waals surface area contributed by atoms with Crippen LogP contribution in [0.2, 0.25) is 0 Å². The number of ether oxygens (including phenoxy) is 2. The van der Waals surface area contributed by atoms with Crippen LogP contribution in [-0.4, -0.2) is 53.5 Å². The Morgan fingerprint density at radius 3 is 2.00 bits per heavy atom. The molecule has 4 rings (SSSR count). The van der Waals surface area contributed by atoms with Gasteiger partial charge in [0.15, 0.2) is 17.3 Å². The van der Waals surface area contributed by atoms with Crippen LogP contribution in [0.25, 0.3) is 11.2 Å². The fourth-order valence-electron chi connectivity index (χ4n) is 3.68. The van der Waals surface area contributed by atoms with Crippen LogP contribution < -0.4 is 10.6 Å². The maximum atomic E-state index is 5.72. The third-order valence-corrected chi connectivity index (χ3v) is 5.99. The quantitative estimate of drug-likeness (QED) is 0.751. The summed E-state index contributed by atoms with van der Waals surface area (Å²) < 4.78 is 11.4.